The van der Waals surface area contributed by atoms with Crippen LogP contribution in [0.5, 0.6) is 5.75 Å². The third-order valence-corrected chi connectivity index (χ3v) is 5.12. The molecule has 24 heavy (non-hydrogen) atoms. The van der Waals surface area contributed by atoms with Gasteiger partial charge in [0.1, 0.15) is 5.75 Å². The van der Waals surface area contributed by atoms with Gasteiger partial charge in [0.15, 0.2) is 0 Å². The number of fused-ring (bicyclic) bond motifs is 1. The van der Waals surface area contributed by atoms with E-state index in [0.717, 1.165) is 5.56 Å². The van der Waals surface area contributed by atoms with E-state index >= 15 is 0 Å². The van der Waals surface area contributed by atoms with Gasteiger partial charge in [0.2, 0.25) is 11.4 Å². The van der Waals surface area contributed by atoms with Gasteiger partial charge in [-0.15, -0.1) is 0 Å². The van der Waals surface area contributed by atoms with E-state index in [2.05, 4.69) is 5.16 Å². The van der Waals surface area contributed by atoms with E-state index in [0.29, 0.717) is 45.5 Å². The van der Waals surface area contributed by atoms with Crippen LogP contribution in [0.1, 0.15) is 27.9 Å². The second-order valence-corrected chi connectivity index (χ2v) is 6.74. The molecule has 4 nitrogen and oxygen atoms in total. The number of hydrogen-bond donors (Lipinski definition) is 0. The summed E-state index contributed by atoms with van der Waals surface area (Å²) >= 11 is 12.5. The largest absolute Gasteiger partial charge is 0.497 e. The molecule has 2 aliphatic rings. The molecule has 0 radical (unpaired) electrons. The van der Waals surface area contributed by atoms with Gasteiger partial charge in [-0.05, 0) is 29.8 Å². The van der Waals surface area contributed by atoms with Gasteiger partial charge >= 0.3 is 0 Å². The Morgan fingerprint density at radius 1 is 1.17 bits per heavy atom. The van der Waals surface area contributed by atoms with E-state index in [9.17, 15) is 4.79 Å². The third kappa shape index (κ3) is 2.21. The zero-order valence-electron chi connectivity index (χ0n) is 12.8. The van der Waals surface area contributed by atoms with E-state index < -0.39 is 5.60 Å². The SMILES string of the molecule is COc1ccc2c(c1)C(=O)C1(CC(c3c(Cl)cccc3Cl)=NO1)C2. The fourth-order valence-electron chi connectivity index (χ4n) is 3.28. The minimum absolute atomic E-state index is 0.0849. The topological polar surface area (TPSA) is 47.9 Å². The Morgan fingerprint density at radius 3 is 2.62 bits per heavy atom. The first-order chi connectivity index (χ1) is 11.5. The van der Waals surface area contributed by atoms with Crippen LogP contribution in [0.25, 0.3) is 0 Å². The highest BCUT2D eigenvalue weighted by Crippen LogP contribution is 2.42. The van der Waals surface area contributed by atoms with Gasteiger partial charge in [0.05, 0.1) is 22.9 Å². The second-order valence-electron chi connectivity index (χ2n) is 5.93. The predicted octanol–water partition coefficient (Wildman–Crippen LogP) is 4.30. The lowest BCUT2D eigenvalue weighted by atomic mass is 9.90. The highest BCUT2D eigenvalue weighted by Gasteiger charge is 2.52. The number of oxime groups is 1. The van der Waals surface area contributed by atoms with Crippen molar-refractivity contribution < 1.29 is 14.4 Å². The van der Waals surface area contributed by atoms with Crippen LogP contribution in [0.4, 0.5) is 0 Å². The van der Waals surface area contributed by atoms with Crippen molar-refractivity contribution in [3.63, 3.8) is 0 Å². The van der Waals surface area contributed by atoms with Crippen LogP contribution in [0, 0.1) is 0 Å². The number of nitrogens with zero attached hydrogens (tertiary/aromatic N) is 1. The Balaban J connectivity index is 1.68. The number of halogens is 2. The summed E-state index contributed by atoms with van der Waals surface area (Å²) in [7, 11) is 1.57. The smallest absolute Gasteiger partial charge is 0.210 e. The van der Waals surface area contributed by atoms with Crippen molar-refractivity contribution in [1.82, 2.24) is 0 Å². The van der Waals surface area contributed by atoms with E-state index in [-0.39, 0.29) is 5.78 Å². The molecule has 122 valence electrons. The minimum atomic E-state index is -1.01. The number of hydrogen-bond acceptors (Lipinski definition) is 4. The number of methoxy groups -OCH3 is 1. The maximum absolute atomic E-state index is 12.9. The Hall–Kier alpha value is -2.04. The number of rotatable bonds is 2. The highest BCUT2D eigenvalue weighted by atomic mass is 35.5. The van der Waals surface area contributed by atoms with Gasteiger partial charge in [-0.25, -0.2) is 0 Å². The summed E-state index contributed by atoms with van der Waals surface area (Å²) in [5.41, 5.74) is 1.77. The lowest BCUT2D eigenvalue weighted by Gasteiger charge is -2.18. The Bertz CT molecular complexity index is 874. The molecule has 1 unspecified atom stereocenters. The number of ketones is 1. The van der Waals surface area contributed by atoms with Gasteiger partial charge in [-0.2, -0.15) is 0 Å². The zero-order valence-corrected chi connectivity index (χ0v) is 14.3. The van der Waals surface area contributed by atoms with Crippen molar-refractivity contribution in [2.45, 2.75) is 18.4 Å². The molecule has 0 aromatic heterocycles. The van der Waals surface area contributed by atoms with Gasteiger partial charge < -0.3 is 9.57 Å². The summed E-state index contributed by atoms with van der Waals surface area (Å²) in [6.07, 6.45) is 0.812. The van der Waals surface area contributed by atoms with Crippen LogP contribution in [0.15, 0.2) is 41.6 Å². The monoisotopic (exact) mass is 361 g/mol. The van der Waals surface area contributed by atoms with Crippen molar-refractivity contribution >= 4 is 34.7 Å². The minimum Gasteiger partial charge on any atom is -0.497 e. The van der Waals surface area contributed by atoms with Gasteiger partial charge in [-0.1, -0.05) is 40.5 Å². The molecule has 4 rings (SSSR count). The van der Waals surface area contributed by atoms with Gasteiger partial charge in [0.25, 0.3) is 0 Å². The van der Waals surface area contributed by atoms with Crippen molar-refractivity contribution in [2.24, 2.45) is 5.16 Å². The van der Waals surface area contributed by atoms with Gasteiger partial charge in [-0.3, -0.25) is 4.79 Å². The van der Waals surface area contributed by atoms with Crippen LogP contribution in [0.2, 0.25) is 10.0 Å². The first-order valence-electron chi connectivity index (χ1n) is 7.45. The maximum atomic E-state index is 12.9. The normalized spacial score (nSPS) is 21.6. The molecule has 1 heterocycles. The van der Waals surface area contributed by atoms with Crippen molar-refractivity contribution in [2.75, 3.05) is 7.11 Å². The molecule has 0 saturated heterocycles. The molecule has 0 saturated carbocycles. The molecule has 1 atom stereocenters. The molecule has 2 aromatic rings. The quantitative estimate of drug-likeness (QED) is 0.800. The third-order valence-electron chi connectivity index (χ3n) is 4.49. The number of ether oxygens (including phenoxy) is 1. The zero-order chi connectivity index (χ0) is 16.9. The van der Waals surface area contributed by atoms with Gasteiger partial charge in [0, 0.05) is 24.0 Å². The first kappa shape index (κ1) is 15.5. The summed E-state index contributed by atoms with van der Waals surface area (Å²) < 4.78 is 5.20. The average Bonchev–Trinajstić information content (AvgIpc) is 3.10. The molecular weight excluding hydrogens is 349 g/mol. The van der Waals surface area contributed by atoms with E-state index in [1.807, 2.05) is 12.1 Å². The standard InChI is InChI=1S/C18H13Cl2NO3/c1-23-11-6-5-10-8-18(17(22)12(10)7-11)9-15(21-24-18)16-13(19)3-2-4-14(16)20/h2-7H,8-9H2,1H3. The molecule has 0 amide bonds. The highest BCUT2D eigenvalue weighted by molar-refractivity contribution is 6.40. The van der Waals surface area contributed by atoms with E-state index in [1.165, 1.54) is 0 Å². The van der Waals surface area contributed by atoms with E-state index in [1.54, 1.807) is 31.4 Å². The molecular formula is C18H13Cl2NO3. The fourth-order valence-corrected chi connectivity index (χ4v) is 3.90. The molecule has 0 fully saturated rings. The Kier molecular flexibility index (Phi) is 3.55. The summed E-state index contributed by atoms with van der Waals surface area (Å²) in [5, 5.41) is 5.12. The first-order valence-corrected chi connectivity index (χ1v) is 8.21. The summed E-state index contributed by atoms with van der Waals surface area (Å²) in [4.78, 5) is 18.5. The molecule has 1 aliphatic carbocycles. The Labute approximate surface area is 149 Å². The van der Waals surface area contributed by atoms with Crippen LogP contribution >= 0.6 is 23.2 Å². The summed E-state index contributed by atoms with van der Waals surface area (Å²) in [5.74, 6) is 0.561. The fraction of sp³-hybridized carbons (Fsp3) is 0.222. The molecule has 0 bridgehead atoms. The molecule has 2 aromatic carbocycles. The lowest BCUT2D eigenvalue weighted by Crippen LogP contribution is -2.36. The maximum Gasteiger partial charge on any atom is 0.210 e. The van der Waals surface area contributed by atoms with Crippen LogP contribution < -0.4 is 4.74 Å². The number of carbonyl (C=O) groups excluding carboxylic acids is 1. The summed E-state index contributed by atoms with van der Waals surface area (Å²) in [6, 6.07) is 10.7. The van der Waals surface area contributed by atoms with Crippen molar-refractivity contribution in [3.8, 4) is 5.75 Å². The number of benzene rings is 2. The van der Waals surface area contributed by atoms with Crippen LogP contribution in [0.3, 0.4) is 0 Å². The summed E-state index contributed by atoms with van der Waals surface area (Å²) in [6.45, 7) is 0. The number of carbonyl (C=O) groups is 1. The molecule has 0 N–H and O–H groups in total. The predicted molar refractivity (Wildman–Crippen MR) is 92.5 cm³/mol. The number of Topliss-reactive ketones (excluding diaryl/α,β-unsaturated/α-hetero) is 1. The molecule has 6 heteroatoms. The molecule has 1 aliphatic heterocycles. The van der Waals surface area contributed by atoms with Crippen LogP contribution in [-0.4, -0.2) is 24.2 Å². The average molecular weight is 362 g/mol. The Morgan fingerprint density at radius 2 is 1.92 bits per heavy atom. The van der Waals surface area contributed by atoms with Crippen molar-refractivity contribution in [3.05, 3.63) is 63.1 Å². The lowest BCUT2D eigenvalue weighted by molar-refractivity contribution is 0.000676. The molecule has 1 spiro atoms. The second kappa shape index (κ2) is 5.50. The van der Waals surface area contributed by atoms with E-state index in [4.69, 9.17) is 32.8 Å². The van der Waals surface area contributed by atoms with Crippen LogP contribution in [-0.2, 0) is 11.3 Å². The van der Waals surface area contributed by atoms with Crippen molar-refractivity contribution in [1.29, 1.82) is 0 Å².